The third-order valence-corrected chi connectivity index (χ3v) is 6.74. The normalized spacial score (nSPS) is 13.8. The van der Waals surface area contributed by atoms with E-state index in [1.54, 1.807) is 25.6 Å². The van der Waals surface area contributed by atoms with Crippen LogP contribution < -0.4 is 14.4 Å². The molecule has 6 nitrogen and oxygen atoms in total. The molecular formula is C25H29N3O3S. The van der Waals surface area contributed by atoms with E-state index in [1.165, 1.54) is 5.56 Å². The van der Waals surface area contributed by atoms with Gasteiger partial charge < -0.3 is 19.3 Å². The summed E-state index contributed by atoms with van der Waals surface area (Å²) in [5.74, 6) is 1.58. The van der Waals surface area contributed by atoms with Gasteiger partial charge >= 0.3 is 0 Å². The topological polar surface area (TPSA) is 54.9 Å². The van der Waals surface area contributed by atoms with Crippen molar-refractivity contribution in [1.82, 2.24) is 9.88 Å². The van der Waals surface area contributed by atoms with E-state index in [0.717, 1.165) is 35.0 Å². The summed E-state index contributed by atoms with van der Waals surface area (Å²) in [7, 11) is 3.25. The Balaban J connectivity index is 1.31. The molecule has 0 radical (unpaired) electrons. The van der Waals surface area contributed by atoms with Crippen LogP contribution in [0, 0.1) is 6.92 Å². The number of methoxy groups -OCH3 is 2. The number of hydrogen-bond acceptors (Lipinski definition) is 6. The molecule has 1 aliphatic rings. The summed E-state index contributed by atoms with van der Waals surface area (Å²) in [4.78, 5) is 21.9. The van der Waals surface area contributed by atoms with Crippen molar-refractivity contribution in [3.8, 4) is 22.8 Å². The molecule has 3 aromatic rings. The maximum Gasteiger partial charge on any atom is 0.223 e. The monoisotopic (exact) mass is 451 g/mol. The molecule has 1 fully saturated rings. The molecule has 4 rings (SSSR count). The van der Waals surface area contributed by atoms with Crippen molar-refractivity contribution in [1.29, 1.82) is 0 Å². The van der Waals surface area contributed by atoms with Crippen molar-refractivity contribution < 1.29 is 14.3 Å². The molecule has 0 aliphatic carbocycles. The second kappa shape index (κ2) is 10.0. The van der Waals surface area contributed by atoms with E-state index in [9.17, 15) is 4.79 Å². The Labute approximate surface area is 193 Å². The Kier molecular flexibility index (Phi) is 6.95. The Hall–Kier alpha value is -3.06. The second-order valence-corrected chi connectivity index (χ2v) is 8.74. The highest BCUT2D eigenvalue weighted by Crippen LogP contribution is 2.32. The number of anilines is 1. The van der Waals surface area contributed by atoms with Crippen molar-refractivity contribution in [3.05, 3.63) is 59.0 Å². The number of benzene rings is 2. The number of para-hydroxylation sites is 1. The van der Waals surface area contributed by atoms with Gasteiger partial charge in [-0.3, -0.25) is 4.79 Å². The van der Waals surface area contributed by atoms with E-state index < -0.39 is 0 Å². The van der Waals surface area contributed by atoms with Gasteiger partial charge in [0, 0.05) is 43.5 Å². The molecule has 0 unspecified atom stereocenters. The Morgan fingerprint density at radius 1 is 1.03 bits per heavy atom. The number of aromatic nitrogens is 1. The van der Waals surface area contributed by atoms with Gasteiger partial charge in [0.15, 0.2) is 16.6 Å². The molecule has 1 amide bonds. The second-order valence-electron chi connectivity index (χ2n) is 7.90. The molecule has 7 heteroatoms. The fourth-order valence-electron chi connectivity index (χ4n) is 3.96. The predicted molar refractivity (Wildman–Crippen MR) is 129 cm³/mol. The highest BCUT2D eigenvalue weighted by atomic mass is 32.1. The number of aryl methyl sites for hydroxylation is 2. The summed E-state index contributed by atoms with van der Waals surface area (Å²) in [6, 6.07) is 14.2. The maximum atomic E-state index is 12.8. The standard InChI is InChI=1S/C25H29N3O3S/c1-18-7-9-19(10-8-18)21-17-32-25(26-21)28-15-13-27(14-16-28)23(29)12-11-20-5-4-6-22(30-2)24(20)31-3/h4-10,17H,11-16H2,1-3H3. The number of carbonyl (C=O) groups is 1. The maximum absolute atomic E-state index is 12.8. The first-order valence-electron chi connectivity index (χ1n) is 10.8. The van der Waals surface area contributed by atoms with Crippen LogP contribution in [0.25, 0.3) is 11.3 Å². The summed E-state index contributed by atoms with van der Waals surface area (Å²) in [5, 5.41) is 3.13. The average Bonchev–Trinajstić information content (AvgIpc) is 3.33. The number of piperazine rings is 1. The molecule has 1 aromatic heterocycles. The number of ether oxygens (including phenoxy) is 2. The van der Waals surface area contributed by atoms with E-state index in [-0.39, 0.29) is 5.91 Å². The van der Waals surface area contributed by atoms with Crippen molar-refractivity contribution in [3.63, 3.8) is 0 Å². The zero-order chi connectivity index (χ0) is 22.5. The minimum atomic E-state index is 0.175. The summed E-state index contributed by atoms with van der Waals surface area (Å²) in [6.45, 7) is 5.12. The van der Waals surface area contributed by atoms with E-state index >= 15 is 0 Å². The van der Waals surface area contributed by atoms with Gasteiger partial charge in [0.05, 0.1) is 19.9 Å². The van der Waals surface area contributed by atoms with Gasteiger partial charge in [0.2, 0.25) is 5.91 Å². The third-order valence-electron chi connectivity index (χ3n) is 5.83. The largest absolute Gasteiger partial charge is 0.493 e. The zero-order valence-electron chi connectivity index (χ0n) is 18.8. The number of rotatable bonds is 7. The van der Waals surface area contributed by atoms with E-state index in [0.29, 0.717) is 37.4 Å². The summed E-state index contributed by atoms with van der Waals surface area (Å²) < 4.78 is 10.8. The molecular weight excluding hydrogens is 422 g/mol. The van der Waals surface area contributed by atoms with Crippen molar-refractivity contribution >= 4 is 22.4 Å². The van der Waals surface area contributed by atoms with Gasteiger partial charge in [0.25, 0.3) is 0 Å². The van der Waals surface area contributed by atoms with E-state index in [4.69, 9.17) is 14.5 Å². The van der Waals surface area contributed by atoms with Crippen LogP contribution in [0.1, 0.15) is 17.5 Å². The van der Waals surface area contributed by atoms with Crippen LogP contribution in [0.15, 0.2) is 47.8 Å². The van der Waals surface area contributed by atoms with E-state index in [2.05, 4.69) is 41.5 Å². The molecule has 0 atom stereocenters. The van der Waals surface area contributed by atoms with Crippen LogP contribution in [0.2, 0.25) is 0 Å². The van der Waals surface area contributed by atoms with Gasteiger partial charge in [0.1, 0.15) is 0 Å². The van der Waals surface area contributed by atoms with Gasteiger partial charge in [-0.05, 0) is 25.0 Å². The minimum absolute atomic E-state index is 0.175. The zero-order valence-corrected chi connectivity index (χ0v) is 19.7. The Morgan fingerprint density at radius 3 is 2.47 bits per heavy atom. The summed E-state index contributed by atoms with van der Waals surface area (Å²) >= 11 is 1.67. The molecule has 0 N–H and O–H groups in total. The number of thiazole rings is 1. The van der Waals surface area contributed by atoms with Crippen LogP contribution in [-0.2, 0) is 11.2 Å². The molecule has 0 saturated carbocycles. The third kappa shape index (κ3) is 4.88. The van der Waals surface area contributed by atoms with Crippen LogP contribution in [0.4, 0.5) is 5.13 Å². The lowest BCUT2D eigenvalue weighted by molar-refractivity contribution is -0.131. The van der Waals surface area contributed by atoms with Gasteiger partial charge in [-0.2, -0.15) is 0 Å². The number of amides is 1. The SMILES string of the molecule is COc1cccc(CCC(=O)N2CCN(c3nc(-c4ccc(C)cc4)cs3)CC2)c1OC. The van der Waals surface area contributed by atoms with Crippen LogP contribution in [0.3, 0.4) is 0 Å². The van der Waals surface area contributed by atoms with Crippen molar-refractivity contribution in [2.75, 3.05) is 45.3 Å². The molecule has 32 heavy (non-hydrogen) atoms. The first-order chi connectivity index (χ1) is 15.6. The van der Waals surface area contributed by atoms with Crippen molar-refractivity contribution in [2.24, 2.45) is 0 Å². The number of nitrogens with zero attached hydrogens (tertiary/aromatic N) is 3. The lowest BCUT2D eigenvalue weighted by Gasteiger charge is -2.34. The Bertz CT molecular complexity index is 1060. The molecule has 1 saturated heterocycles. The highest BCUT2D eigenvalue weighted by molar-refractivity contribution is 7.14. The lowest BCUT2D eigenvalue weighted by atomic mass is 10.1. The average molecular weight is 452 g/mol. The molecule has 0 spiro atoms. The van der Waals surface area contributed by atoms with Crippen LogP contribution in [-0.4, -0.2) is 56.2 Å². The van der Waals surface area contributed by atoms with Gasteiger partial charge in [-0.25, -0.2) is 4.98 Å². The molecule has 168 valence electrons. The van der Waals surface area contributed by atoms with Gasteiger partial charge in [-0.1, -0.05) is 42.0 Å². The molecule has 1 aliphatic heterocycles. The highest BCUT2D eigenvalue weighted by Gasteiger charge is 2.23. The molecule has 0 bridgehead atoms. The fourth-order valence-corrected chi connectivity index (χ4v) is 4.85. The quantitative estimate of drug-likeness (QED) is 0.532. The number of carbonyl (C=O) groups excluding carboxylic acids is 1. The van der Waals surface area contributed by atoms with Crippen LogP contribution in [0.5, 0.6) is 11.5 Å². The lowest BCUT2D eigenvalue weighted by Crippen LogP contribution is -2.48. The number of hydrogen-bond donors (Lipinski definition) is 0. The Morgan fingerprint density at radius 2 is 1.78 bits per heavy atom. The first-order valence-corrected chi connectivity index (χ1v) is 11.7. The fraction of sp³-hybridized carbons (Fsp3) is 0.360. The van der Waals surface area contributed by atoms with Crippen LogP contribution >= 0.6 is 11.3 Å². The smallest absolute Gasteiger partial charge is 0.223 e. The van der Waals surface area contributed by atoms with Crippen molar-refractivity contribution in [2.45, 2.75) is 19.8 Å². The summed E-state index contributed by atoms with van der Waals surface area (Å²) in [5.41, 5.74) is 4.38. The van der Waals surface area contributed by atoms with Gasteiger partial charge in [-0.15, -0.1) is 11.3 Å². The first kappa shape index (κ1) is 22.1. The molecule has 2 heterocycles. The summed E-state index contributed by atoms with van der Waals surface area (Å²) in [6.07, 6.45) is 1.09. The minimum Gasteiger partial charge on any atom is -0.493 e. The predicted octanol–water partition coefficient (Wildman–Crippen LogP) is 4.42. The van der Waals surface area contributed by atoms with E-state index in [1.807, 2.05) is 23.1 Å². The molecule has 2 aromatic carbocycles.